The molecule has 2 saturated heterocycles. The Kier molecular flexibility index (Phi) is 4.22. The fourth-order valence-corrected chi connectivity index (χ4v) is 2.74. The minimum atomic E-state index is -4.42. The summed E-state index contributed by atoms with van der Waals surface area (Å²) in [5.41, 5.74) is 0. The highest BCUT2D eigenvalue weighted by molar-refractivity contribution is 5.89. The van der Waals surface area contributed by atoms with Gasteiger partial charge in [-0.3, -0.25) is 9.59 Å². The highest BCUT2D eigenvalue weighted by atomic mass is 19.4. The standard InChI is InChI=1S/C12H18F3N3O2/c1-17(9-2-3-16-5-9)11(20)8-4-10(19)18(6-8)7-12(13,14)15/h8-9,16H,2-7H2,1H3/t8-,9+/m1/s1. The van der Waals surface area contributed by atoms with Gasteiger partial charge in [-0.2, -0.15) is 13.2 Å². The second-order valence-corrected chi connectivity index (χ2v) is 5.39. The minimum Gasteiger partial charge on any atom is -0.341 e. The molecule has 0 aliphatic carbocycles. The Morgan fingerprint density at radius 1 is 1.50 bits per heavy atom. The highest BCUT2D eigenvalue weighted by Crippen LogP contribution is 2.25. The Morgan fingerprint density at radius 2 is 2.20 bits per heavy atom. The number of halogens is 3. The van der Waals surface area contributed by atoms with Crippen molar-refractivity contribution in [1.29, 1.82) is 0 Å². The van der Waals surface area contributed by atoms with Crippen LogP contribution in [0.5, 0.6) is 0 Å². The van der Waals surface area contributed by atoms with E-state index < -0.39 is 24.5 Å². The summed E-state index contributed by atoms with van der Waals surface area (Å²) in [6.45, 7) is 0.104. The number of amides is 2. The minimum absolute atomic E-state index is 0.0641. The molecule has 2 amide bonds. The first-order valence-electron chi connectivity index (χ1n) is 6.60. The van der Waals surface area contributed by atoms with Crippen LogP contribution in [0.4, 0.5) is 13.2 Å². The van der Waals surface area contributed by atoms with E-state index in [2.05, 4.69) is 5.32 Å². The average molecular weight is 293 g/mol. The molecule has 2 atom stereocenters. The quantitative estimate of drug-likeness (QED) is 0.810. The third-order valence-corrected chi connectivity index (χ3v) is 3.86. The van der Waals surface area contributed by atoms with Crippen LogP contribution in [0.1, 0.15) is 12.8 Å². The van der Waals surface area contributed by atoms with Crippen LogP contribution in [0.3, 0.4) is 0 Å². The van der Waals surface area contributed by atoms with E-state index in [4.69, 9.17) is 0 Å². The Bertz CT molecular complexity index is 394. The van der Waals surface area contributed by atoms with Crippen molar-refractivity contribution in [3.05, 3.63) is 0 Å². The molecule has 0 spiro atoms. The monoisotopic (exact) mass is 293 g/mol. The van der Waals surface area contributed by atoms with Crippen LogP contribution < -0.4 is 5.32 Å². The van der Waals surface area contributed by atoms with E-state index in [0.29, 0.717) is 6.54 Å². The van der Waals surface area contributed by atoms with E-state index in [-0.39, 0.29) is 24.9 Å². The van der Waals surface area contributed by atoms with Gasteiger partial charge in [-0.05, 0) is 13.0 Å². The maximum Gasteiger partial charge on any atom is 0.406 e. The SMILES string of the molecule is CN(C(=O)[C@@H]1CC(=O)N(CC(F)(F)F)C1)[C@H]1CCNC1. The molecule has 2 fully saturated rings. The average Bonchev–Trinajstić information content (AvgIpc) is 2.96. The van der Waals surface area contributed by atoms with Gasteiger partial charge in [0.05, 0.1) is 5.92 Å². The van der Waals surface area contributed by atoms with Gasteiger partial charge in [0, 0.05) is 32.6 Å². The molecular formula is C12H18F3N3O2. The van der Waals surface area contributed by atoms with E-state index in [9.17, 15) is 22.8 Å². The molecular weight excluding hydrogens is 275 g/mol. The summed E-state index contributed by atoms with van der Waals surface area (Å²) in [5.74, 6) is -1.49. The number of hydrogen-bond acceptors (Lipinski definition) is 3. The molecule has 2 aliphatic heterocycles. The summed E-state index contributed by atoms with van der Waals surface area (Å²) in [4.78, 5) is 26.1. The molecule has 2 heterocycles. The lowest BCUT2D eigenvalue weighted by molar-refractivity contribution is -0.157. The van der Waals surface area contributed by atoms with E-state index in [1.165, 1.54) is 0 Å². The lowest BCUT2D eigenvalue weighted by Gasteiger charge is -2.26. The topological polar surface area (TPSA) is 52.7 Å². The number of likely N-dealkylation sites (tertiary alicyclic amines) is 1. The number of rotatable bonds is 3. The molecule has 0 aromatic carbocycles. The molecule has 0 aromatic rings. The summed E-state index contributed by atoms with van der Waals surface area (Å²) in [7, 11) is 1.65. The second kappa shape index (κ2) is 5.59. The van der Waals surface area contributed by atoms with Crippen molar-refractivity contribution in [2.24, 2.45) is 5.92 Å². The molecule has 114 valence electrons. The van der Waals surface area contributed by atoms with Crippen LogP contribution in [-0.4, -0.2) is 67.1 Å². The maximum absolute atomic E-state index is 12.3. The van der Waals surface area contributed by atoms with Gasteiger partial charge in [0.1, 0.15) is 6.54 Å². The number of carbonyl (C=O) groups excluding carboxylic acids is 2. The van der Waals surface area contributed by atoms with Crippen LogP contribution in [0, 0.1) is 5.92 Å². The van der Waals surface area contributed by atoms with Crippen LogP contribution in [0.25, 0.3) is 0 Å². The predicted molar refractivity (Wildman–Crippen MR) is 64.8 cm³/mol. The summed E-state index contributed by atoms with van der Waals surface area (Å²) in [6.07, 6.45) is -3.72. The number of hydrogen-bond donors (Lipinski definition) is 1. The molecule has 8 heteroatoms. The van der Waals surface area contributed by atoms with Gasteiger partial charge in [0.25, 0.3) is 0 Å². The number of likely N-dealkylation sites (N-methyl/N-ethyl adjacent to an activating group) is 1. The first kappa shape index (κ1) is 15.1. The zero-order valence-electron chi connectivity index (χ0n) is 11.2. The lowest BCUT2D eigenvalue weighted by atomic mass is 10.1. The molecule has 0 unspecified atom stereocenters. The summed E-state index contributed by atoms with van der Waals surface area (Å²) >= 11 is 0. The van der Waals surface area contributed by atoms with Gasteiger partial charge in [0.2, 0.25) is 11.8 Å². The largest absolute Gasteiger partial charge is 0.406 e. The predicted octanol–water partition coefficient (Wildman–Crippen LogP) is 0.218. The Balaban J connectivity index is 1.93. The van der Waals surface area contributed by atoms with E-state index in [1.54, 1.807) is 11.9 Å². The molecule has 0 radical (unpaired) electrons. The van der Waals surface area contributed by atoms with Gasteiger partial charge < -0.3 is 15.1 Å². The van der Waals surface area contributed by atoms with Crippen LogP contribution in [0.15, 0.2) is 0 Å². The van der Waals surface area contributed by atoms with Crippen LogP contribution in [-0.2, 0) is 9.59 Å². The number of carbonyl (C=O) groups is 2. The molecule has 1 N–H and O–H groups in total. The van der Waals surface area contributed by atoms with Crippen LogP contribution in [0.2, 0.25) is 0 Å². The molecule has 0 aromatic heterocycles. The van der Waals surface area contributed by atoms with Crippen molar-refractivity contribution >= 4 is 11.8 Å². The van der Waals surface area contributed by atoms with Crippen molar-refractivity contribution in [3.8, 4) is 0 Å². The Hall–Kier alpha value is -1.31. The van der Waals surface area contributed by atoms with Gasteiger partial charge >= 0.3 is 6.18 Å². The number of nitrogens with zero attached hydrogens (tertiary/aromatic N) is 2. The molecule has 5 nitrogen and oxygen atoms in total. The smallest absolute Gasteiger partial charge is 0.341 e. The van der Waals surface area contributed by atoms with Gasteiger partial charge in [0.15, 0.2) is 0 Å². The van der Waals surface area contributed by atoms with Crippen molar-refractivity contribution in [2.45, 2.75) is 25.1 Å². The van der Waals surface area contributed by atoms with E-state index in [1.807, 2.05) is 0 Å². The maximum atomic E-state index is 12.3. The first-order valence-corrected chi connectivity index (χ1v) is 6.60. The van der Waals surface area contributed by atoms with Gasteiger partial charge in [-0.1, -0.05) is 0 Å². The van der Waals surface area contributed by atoms with Crippen molar-refractivity contribution in [3.63, 3.8) is 0 Å². The molecule has 0 bridgehead atoms. The fraction of sp³-hybridized carbons (Fsp3) is 0.833. The number of nitrogens with one attached hydrogen (secondary N) is 1. The third-order valence-electron chi connectivity index (χ3n) is 3.86. The fourth-order valence-electron chi connectivity index (χ4n) is 2.74. The summed E-state index contributed by atoms with van der Waals surface area (Å²) < 4.78 is 36.9. The molecule has 20 heavy (non-hydrogen) atoms. The normalized spacial score (nSPS) is 27.2. The molecule has 2 rings (SSSR count). The van der Waals surface area contributed by atoms with Crippen molar-refractivity contribution < 1.29 is 22.8 Å². The Morgan fingerprint density at radius 3 is 2.75 bits per heavy atom. The lowest BCUT2D eigenvalue weighted by Crippen LogP contribution is -2.43. The van der Waals surface area contributed by atoms with Crippen molar-refractivity contribution in [1.82, 2.24) is 15.1 Å². The van der Waals surface area contributed by atoms with Crippen LogP contribution >= 0.6 is 0 Å². The van der Waals surface area contributed by atoms with Gasteiger partial charge in [-0.15, -0.1) is 0 Å². The zero-order valence-corrected chi connectivity index (χ0v) is 11.2. The highest BCUT2D eigenvalue weighted by Gasteiger charge is 2.42. The van der Waals surface area contributed by atoms with E-state index >= 15 is 0 Å². The summed E-state index contributed by atoms with van der Waals surface area (Å²) in [5, 5.41) is 3.13. The molecule has 0 saturated carbocycles. The Labute approximate surface area is 115 Å². The van der Waals surface area contributed by atoms with Crippen molar-refractivity contribution in [2.75, 3.05) is 33.2 Å². The third kappa shape index (κ3) is 3.41. The molecule has 2 aliphatic rings. The van der Waals surface area contributed by atoms with E-state index in [0.717, 1.165) is 17.9 Å². The first-order chi connectivity index (χ1) is 9.28. The number of alkyl halides is 3. The zero-order chi connectivity index (χ0) is 14.9. The van der Waals surface area contributed by atoms with Gasteiger partial charge in [-0.25, -0.2) is 0 Å². The summed E-state index contributed by atoms with van der Waals surface area (Å²) in [6, 6.07) is 0.0641. The second-order valence-electron chi connectivity index (χ2n) is 5.39.